The van der Waals surface area contributed by atoms with Crippen molar-refractivity contribution in [2.24, 2.45) is 0 Å². The van der Waals surface area contributed by atoms with Crippen LogP contribution in [0.3, 0.4) is 0 Å². The first kappa shape index (κ1) is 26.2. The minimum atomic E-state index is -4.05. The molecule has 2 aromatic carbocycles. The molecule has 0 spiro atoms. The number of hydrogen-bond acceptors (Lipinski definition) is 4. The number of hydrogen-bond donors (Lipinski definition) is 1. The first-order valence-electron chi connectivity index (χ1n) is 10.5. The lowest BCUT2D eigenvalue weighted by Gasteiger charge is -2.32. The fourth-order valence-electron chi connectivity index (χ4n) is 3.11. The average Bonchev–Trinajstić information content (AvgIpc) is 2.76. The van der Waals surface area contributed by atoms with Gasteiger partial charge in [-0.25, -0.2) is 17.2 Å². The van der Waals surface area contributed by atoms with Gasteiger partial charge in [0.05, 0.1) is 11.9 Å². The minimum Gasteiger partial charge on any atom is -0.352 e. The average molecular weight is 482 g/mol. The molecule has 0 aliphatic rings. The van der Waals surface area contributed by atoms with Crippen LogP contribution in [0.25, 0.3) is 0 Å². The van der Waals surface area contributed by atoms with Gasteiger partial charge in [-0.2, -0.15) is 0 Å². The number of halogens is 2. The molecule has 2 rings (SSSR count). The van der Waals surface area contributed by atoms with E-state index >= 15 is 0 Å². The number of carbonyl (C=O) groups excluding carboxylic acids is 2. The number of anilines is 1. The molecule has 2 aromatic rings. The number of benzene rings is 2. The van der Waals surface area contributed by atoms with Crippen molar-refractivity contribution in [1.29, 1.82) is 0 Å². The minimum absolute atomic E-state index is 0.156. The zero-order valence-corrected chi connectivity index (χ0v) is 19.9. The normalized spacial score (nSPS) is 13.2. The van der Waals surface area contributed by atoms with Crippen molar-refractivity contribution in [1.82, 2.24) is 10.2 Å². The van der Waals surface area contributed by atoms with E-state index < -0.39 is 46.1 Å². The molecule has 7 nitrogen and oxygen atoms in total. The molecule has 180 valence electrons. The second-order valence-electron chi connectivity index (χ2n) is 7.83. The van der Waals surface area contributed by atoms with E-state index in [1.165, 1.54) is 43.3 Å². The maximum atomic E-state index is 14.3. The van der Waals surface area contributed by atoms with Crippen molar-refractivity contribution in [2.75, 3.05) is 17.1 Å². The highest BCUT2D eigenvalue weighted by Gasteiger charge is 2.31. The maximum Gasteiger partial charge on any atom is 0.244 e. The number of carbonyl (C=O) groups is 2. The Balaban J connectivity index is 2.41. The lowest BCUT2D eigenvalue weighted by atomic mass is 10.1. The standard InChI is InChI=1S/C23H29F2N3O4S/c1-5-16(2)26-23(30)17(3)27(14-18-10-6-7-11-19(18)24)22(29)15-28(33(4,31)32)21-13-9-8-12-20(21)25/h6-13,16-17H,5,14-15H2,1-4H3,(H,26,30). The molecule has 0 aliphatic heterocycles. The van der Waals surface area contributed by atoms with Crippen LogP contribution in [0.15, 0.2) is 48.5 Å². The number of nitrogens with one attached hydrogen (secondary N) is 1. The van der Waals surface area contributed by atoms with Crippen LogP contribution in [0, 0.1) is 11.6 Å². The SMILES string of the molecule is CCC(C)NC(=O)C(C)N(Cc1ccccc1F)C(=O)CN(c1ccccc1F)S(C)(=O)=O. The summed E-state index contributed by atoms with van der Waals surface area (Å²) in [4.78, 5) is 27.1. The fourth-order valence-corrected chi connectivity index (χ4v) is 3.96. The number of rotatable bonds is 10. The summed E-state index contributed by atoms with van der Waals surface area (Å²) in [6.07, 6.45) is 1.52. The van der Waals surface area contributed by atoms with E-state index in [9.17, 15) is 26.8 Å². The van der Waals surface area contributed by atoms with Gasteiger partial charge in [0.1, 0.15) is 24.2 Å². The molecule has 0 heterocycles. The summed E-state index contributed by atoms with van der Waals surface area (Å²) >= 11 is 0. The topological polar surface area (TPSA) is 86.8 Å². The Kier molecular flexibility index (Phi) is 8.92. The first-order chi connectivity index (χ1) is 15.5. The molecule has 10 heteroatoms. The smallest absolute Gasteiger partial charge is 0.244 e. The van der Waals surface area contributed by atoms with E-state index in [1.54, 1.807) is 13.0 Å². The van der Waals surface area contributed by atoms with Gasteiger partial charge < -0.3 is 10.2 Å². The van der Waals surface area contributed by atoms with Gasteiger partial charge in [0, 0.05) is 18.2 Å². The predicted octanol–water partition coefficient (Wildman–Crippen LogP) is 3.06. The van der Waals surface area contributed by atoms with Gasteiger partial charge in [-0.05, 0) is 38.5 Å². The van der Waals surface area contributed by atoms with Crippen LogP contribution >= 0.6 is 0 Å². The number of sulfonamides is 1. The van der Waals surface area contributed by atoms with E-state index in [4.69, 9.17) is 0 Å². The van der Waals surface area contributed by atoms with E-state index in [1.807, 2.05) is 6.92 Å². The predicted molar refractivity (Wildman–Crippen MR) is 123 cm³/mol. The third-order valence-electron chi connectivity index (χ3n) is 5.27. The Labute approximate surface area is 193 Å². The van der Waals surface area contributed by atoms with Crippen LogP contribution in [0.2, 0.25) is 0 Å². The first-order valence-corrected chi connectivity index (χ1v) is 12.4. The van der Waals surface area contributed by atoms with E-state index in [0.29, 0.717) is 10.7 Å². The summed E-state index contributed by atoms with van der Waals surface area (Å²) in [5.41, 5.74) is -0.137. The fraction of sp³-hybridized carbons (Fsp3) is 0.391. The lowest BCUT2D eigenvalue weighted by molar-refractivity contribution is -0.139. The van der Waals surface area contributed by atoms with Crippen LogP contribution in [0.1, 0.15) is 32.8 Å². The molecule has 0 saturated carbocycles. The Morgan fingerprint density at radius 1 is 1.00 bits per heavy atom. The molecule has 0 aliphatic carbocycles. The lowest BCUT2D eigenvalue weighted by Crippen LogP contribution is -2.52. The molecule has 0 saturated heterocycles. The second kappa shape index (κ2) is 11.2. The molecule has 2 atom stereocenters. The summed E-state index contributed by atoms with van der Waals surface area (Å²) < 4.78 is 54.1. The van der Waals surface area contributed by atoms with Gasteiger partial charge >= 0.3 is 0 Å². The van der Waals surface area contributed by atoms with E-state index in [0.717, 1.165) is 17.2 Å². The van der Waals surface area contributed by atoms with Crippen molar-refractivity contribution in [2.45, 2.75) is 45.8 Å². The van der Waals surface area contributed by atoms with Crippen molar-refractivity contribution < 1.29 is 26.8 Å². The molecule has 0 fully saturated rings. The van der Waals surface area contributed by atoms with Crippen molar-refractivity contribution in [3.05, 3.63) is 65.7 Å². The number of amides is 2. The Morgan fingerprint density at radius 2 is 1.58 bits per heavy atom. The van der Waals surface area contributed by atoms with Crippen molar-refractivity contribution in [3.8, 4) is 0 Å². The van der Waals surface area contributed by atoms with Crippen molar-refractivity contribution in [3.63, 3.8) is 0 Å². The quantitative estimate of drug-likeness (QED) is 0.565. The van der Waals surface area contributed by atoms with Crippen molar-refractivity contribution >= 4 is 27.5 Å². The third kappa shape index (κ3) is 6.98. The molecule has 0 radical (unpaired) electrons. The highest BCUT2D eigenvalue weighted by molar-refractivity contribution is 7.92. The Bertz CT molecular complexity index is 1090. The Morgan fingerprint density at radius 3 is 2.12 bits per heavy atom. The van der Waals surface area contributed by atoms with Gasteiger partial charge in [-0.1, -0.05) is 37.3 Å². The zero-order valence-electron chi connectivity index (χ0n) is 19.1. The molecule has 2 unspecified atom stereocenters. The largest absolute Gasteiger partial charge is 0.352 e. The summed E-state index contributed by atoms with van der Waals surface area (Å²) in [7, 11) is -4.05. The van der Waals surface area contributed by atoms with Crippen LogP contribution in [-0.4, -0.2) is 50.0 Å². The molecule has 33 heavy (non-hydrogen) atoms. The number of para-hydroxylation sites is 1. The van der Waals surface area contributed by atoms with Crippen LogP contribution in [0.5, 0.6) is 0 Å². The van der Waals surface area contributed by atoms with E-state index in [2.05, 4.69) is 5.32 Å². The summed E-state index contributed by atoms with van der Waals surface area (Å²) in [5, 5.41) is 2.77. The van der Waals surface area contributed by atoms with Crippen LogP contribution in [-0.2, 0) is 26.2 Å². The molecule has 0 aromatic heterocycles. The van der Waals surface area contributed by atoms with Gasteiger partial charge in [-0.15, -0.1) is 0 Å². The highest BCUT2D eigenvalue weighted by atomic mass is 32.2. The molecular weight excluding hydrogens is 452 g/mol. The third-order valence-corrected chi connectivity index (χ3v) is 6.39. The summed E-state index contributed by atoms with van der Waals surface area (Å²) in [5.74, 6) is -2.64. The van der Waals surface area contributed by atoms with Gasteiger partial charge in [0.2, 0.25) is 21.8 Å². The monoisotopic (exact) mass is 481 g/mol. The second-order valence-corrected chi connectivity index (χ2v) is 9.73. The zero-order chi connectivity index (χ0) is 24.8. The molecule has 0 bridgehead atoms. The number of nitrogens with zero attached hydrogens (tertiary/aromatic N) is 2. The van der Waals surface area contributed by atoms with Gasteiger partial charge in [-0.3, -0.25) is 13.9 Å². The van der Waals surface area contributed by atoms with E-state index in [-0.39, 0.29) is 23.8 Å². The molecule has 1 N–H and O–H groups in total. The van der Waals surface area contributed by atoms with Crippen LogP contribution < -0.4 is 9.62 Å². The maximum absolute atomic E-state index is 14.3. The summed E-state index contributed by atoms with van der Waals surface area (Å²) in [6, 6.07) is 9.75. The highest BCUT2D eigenvalue weighted by Crippen LogP contribution is 2.22. The van der Waals surface area contributed by atoms with Crippen LogP contribution in [0.4, 0.5) is 14.5 Å². The van der Waals surface area contributed by atoms with Gasteiger partial charge in [0.25, 0.3) is 0 Å². The summed E-state index contributed by atoms with van der Waals surface area (Å²) in [6.45, 7) is 4.14. The Hall–Kier alpha value is -3.01. The van der Waals surface area contributed by atoms with Gasteiger partial charge in [0.15, 0.2) is 0 Å². The molecule has 2 amide bonds. The molecular formula is C23H29F2N3O4S.